The van der Waals surface area contributed by atoms with Crippen molar-refractivity contribution >= 4 is 5.97 Å². The van der Waals surface area contributed by atoms with E-state index in [0.29, 0.717) is 23.3 Å². The molecule has 3 rings (SSSR count). The zero-order chi connectivity index (χ0) is 14.1. The summed E-state index contributed by atoms with van der Waals surface area (Å²) in [6.07, 6.45) is 3.09. The van der Waals surface area contributed by atoms with E-state index in [2.05, 4.69) is 11.9 Å². The van der Waals surface area contributed by atoms with Gasteiger partial charge >= 0.3 is 5.97 Å². The fourth-order valence-electron chi connectivity index (χ4n) is 2.20. The summed E-state index contributed by atoms with van der Waals surface area (Å²) in [5.41, 5.74) is 2.47. The molecule has 1 aromatic heterocycles. The number of hydrogen-bond donors (Lipinski definition) is 0. The summed E-state index contributed by atoms with van der Waals surface area (Å²) in [4.78, 5) is 16.1. The molecule has 0 amide bonds. The number of aryl methyl sites for hydroxylation is 1. The van der Waals surface area contributed by atoms with Gasteiger partial charge in [0.1, 0.15) is 5.76 Å². The molecule has 1 aliphatic rings. The molecule has 2 aromatic rings. The van der Waals surface area contributed by atoms with E-state index in [9.17, 15) is 4.79 Å². The minimum atomic E-state index is -0.424. The summed E-state index contributed by atoms with van der Waals surface area (Å²) in [5, 5.41) is 0. The van der Waals surface area contributed by atoms with Crippen LogP contribution in [0.2, 0.25) is 0 Å². The van der Waals surface area contributed by atoms with Crippen molar-refractivity contribution < 1.29 is 13.9 Å². The van der Waals surface area contributed by atoms with Gasteiger partial charge in [0.25, 0.3) is 0 Å². The van der Waals surface area contributed by atoms with E-state index in [4.69, 9.17) is 9.15 Å². The van der Waals surface area contributed by atoms with Crippen molar-refractivity contribution in [3.8, 4) is 11.5 Å². The van der Waals surface area contributed by atoms with Crippen molar-refractivity contribution in [1.29, 1.82) is 0 Å². The van der Waals surface area contributed by atoms with E-state index in [0.717, 1.165) is 24.8 Å². The SMILES string of the molecule is CCc1ccc(-c2nc(C(=O)OC)c(C3CC3)o2)cc1. The molecule has 1 aromatic carbocycles. The van der Waals surface area contributed by atoms with Crippen molar-refractivity contribution in [2.45, 2.75) is 32.1 Å². The molecule has 1 aliphatic carbocycles. The summed E-state index contributed by atoms with van der Waals surface area (Å²) in [6, 6.07) is 8.05. The molecular weight excluding hydrogens is 254 g/mol. The number of rotatable bonds is 4. The van der Waals surface area contributed by atoms with Crippen molar-refractivity contribution in [2.75, 3.05) is 7.11 Å². The van der Waals surface area contributed by atoms with E-state index in [1.807, 2.05) is 24.3 Å². The Labute approximate surface area is 117 Å². The number of aromatic nitrogens is 1. The van der Waals surface area contributed by atoms with Crippen LogP contribution in [0.4, 0.5) is 0 Å². The van der Waals surface area contributed by atoms with Crippen LogP contribution in [0.1, 0.15) is 47.5 Å². The largest absolute Gasteiger partial charge is 0.464 e. The minimum absolute atomic E-state index is 0.320. The first-order valence-corrected chi connectivity index (χ1v) is 6.91. The number of methoxy groups -OCH3 is 1. The van der Waals surface area contributed by atoms with E-state index < -0.39 is 5.97 Å². The third-order valence-corrected chi connectivity index (χ3v) is 3.59. The number of nitrogens with zero attached hydrogens (tertiary/aromatic N) is 1. The molecule has 0 bridgehead atoms. The number of carbonyl (C=O) groups is 1. The first-order chi connectivity index (χ1) is 9.72. The Bertz CT molecular complexity index is 624. The fraction of sp³-hybridized carbons (Fsp3) is 0.375. The fourth-order valence-corrected chi connectivity index (χ4v) is 2.20. The van der Waals surface area contributed by atoms with Gasteiger partial charge in [0, 0.05) is 11.5 Å². The van der Waals surface area contributed by atoms with Gasteiger partial charge in [0.2, 0.25) is 5.89 Å². The molecule has 1 saturated carbocycles. The topological polar surface area (TPSA) is 52.3 Å². The summed E-state index contributed by atoms with van der Waals surface area (Å²) in [7, 11) is 1.36. The molecule has 0 saturated heterocycles. The van der Waals surface area contributed by atoms with E-state index in [-0.39, 0.29) is 0 Å². The monoisotopic (exact) mass is 271 g/mol. The molecule has 4 nitrogen and oxygen atoms in total. The molecule has 0 atom stereocenters. The smallest absolute Gasteiger partial charge is 0.360 e. The standard InChI is InChI=1S/C16H17NO3/c1-3-10-4-6-12(7-5-10)15-17-13(16(18)19-2)14(20-15)11-8-9-11/h4-7,11H,3,8-9H2,1-2H3. The van der Waals surface area contributed by atoms with E-state index in [1.165, 1.54) is 12.7 Å². The molecule has 104 valence electrons. The lowest BCUT2D eigenvalue weighted by Crippen LogP contribution is -2.04. The molecule has 4 heteroatoms. The van der Waals surface area contributed by atoms with Crippen molar-refractivity contribution in [1.82, 2.24) is 4.98 Å². The Balaban J connectivity index is 1.98. The van der Waals surface area contributed by atoms with Crippen LogP contribution < -0.4 is 0 Å². The maximum Gasteiger partial charge on any atom is 0.360 e. The van der Waals surface area contributed by atoms with Crippen LogP contribution in [0.25, 0.3) is 11.5 Å². The normalized spacial score (nSPS) is 14.3. The maximum absolute atomic E-state index is 11.8. The molecule has 0 N–H and O–H groups in total. The van der Waals surface area contributed by atoms with Crippen molar-refractivity contribution in [3.05, 3.63) is 41.3 Å². The summed E-state index contributed by atoms with van der Waals surface area (Å²) in [5.74, 6) is 1.06. The van der Waals surface area contributed by atoms with Crippen LogP contribution in [0.15, 0.2) is 28.7 Å². The van der Waals surface area contributed by atoms with Gasteiger partial charge in [0.05, 0.1) is 7.11 Å². The van der Waals surface area contributed by atoms with Crippen LogP contribution in [0.3, 0.4) is 0 Å². The minimum Gasteiger partial charge on any atom is -0.464 e. The molecule has 1 fully saturated rings. The Morgan fingerprint density at radius 1 is 1.35 bits per heavy atom. The molecule has 0 unspecified atom stereocenters. The van der Waals surface area contributed by atoms with Crippen LogP contribution >= 0.6 is 0 Å². The van der Waals surface area contributed by atoms with Gasteiger partial charge in [-0.1, -0.05) is 19.1 Å². The number of ether oxygens (including phenoxy) is 1. The van der Waals surface area contributed by atoms with E-state index in [1.54, 1.807) is 0 Å². The van der Waals surface area contributed by atoms with Gasteiger partial charge < -0.3 is 9.15 Å². The van der Waals surface area contributed by atoms with Crippen LogP contribution in [-0.2, 0) is 11.2 Å². The molecule has 0 radical (unpaired) electrons. The van der Waals surface area contributed by atoms with Gasteiger partial charge in [-0.2, -0.15) is 0 Å². The lowest BCUT2D eigenvalue weighted by Gasteiger charge is -1.98. The number of hydrogen-bond acceptors (Lipinski definition) is 4. The second-order valence-electron chi connectivity index (χ2n) is 5.05. The van der Waals surface area contributed by atoms with Gasteiger partial charge in [-0.3, -0.25) is 0 Å². The highest BCUT2D eigenvalue weighted by Gasteiger charge is 2.34. The molecule has 1 heterocycles. The Kier molecular flexibility index (Phi) is 3.30. The summed E-state index contributed by atoms with van der Waals surface area (Å²) in [6.45, 7) is 2.11. The zero-order valence-corrected chi connectivity index (χ0v) is 11.7. The molecule has 20 heavy (non-hydrogen) atoms. The predicted molar refractivity (Wildman–Crippen MR) is 74.6 cm³/mol. The van der Waals surface area contributed by atoms with Crippen molar-refractivity contribution in [3.63, 3.8) is 0 Å². The highest BCUT2D eigenvalue weighted by atomic mass is 16.5. The van der Waals surface area contributed by atoms with Gasteiger partial charge in [-0.15, -0.1) is 0 Å². The highest BCUT2D eigenvalue weighted by Crippen LogP contribution is 2.43. The summed E-state index contributed by atoms with van der Waals surface area (Å²) >= 11 is 0. The predicted octanol–water partition coefficient (Wildman–Crippen LogP) is 3.57. The Hall–Kier alpha value is -2.10. The van der Waals surface area contributed by atoms with Crippen LogP contribution in [0, 0.1) is 0 Å². The quantitative estimate of drug-likeness (QED) is 0.798. The zero-order valence-electron chi connectivity index (χ0n) is 11.7. The third-order valence-electron chi connectivity index (χ3n) is 3.59. The van der Waals surface area contributed by atoms with Gasteiger partial charge in [0.15, 0.2) is 5.69 Å². The summed E-state index contributed by atoms with van der Waals surface area (Å²) < 4.78 is 10.6. The van der Waals surface area contributed by atoms with E-state index >= 15 is 0 Å². The molecule has 0 spiro atoms. The lowest BCUT2D eigenvalue weighted by molar-refractivity contribution is 0.0592. The first kappa shape index (κ1) is 12.9. The number of oxazole rings is 1. The first-order valence-electron chi connectivity index (χ1n) is 6.91. The second kappa shape index (κ2) is 5.12. The number of esters is 1. The average Bonchev–Trinajstić information content (AvgIpc) is 3.25. The Morgan fingerprint density at radius 2 is 2.05 bits per heavy atom. The third kappa shape index (κ3) is 2.33. The van der Waals surface area contributed by atoms with Gasteiger partial charge in [-0.05, 0) is 37.0 Å². The lowest BCUT2D eigenvalue weighted by atomic mass is 10.1. The molecular formula is C16H17NO3. The van der Waals surface area contributed by atoms with Crippen LogP contribution in [0.5, 0.6) is 0 Å². The Morgan fingerprint density at radius 3 is 2.60 bits per heavy atom. The average molecular weight is 271 g/mol. The highest BCUT2D eigenvalue weighted by molar-refractivity contribution is 5.89. The maximum atomic E-state index is 11.8. The van der Waals surface area contributed by atoms with Gasteiger partial charge in [-0.25, -0.2) is 9.78 Å². The number of carbonyl (C=O) groups excluding carboxylic acids is 1. The van der Waals surface area contributed by atoms with Crippen LogP contribution in [-0.4, -0.2) is 18.1 Å². The number of benzene rings is 1. The van der Waals surface area contributed by atoms with Crippen molar-refractivity contribution in [2.24, 2.45) is 0 Å². The molecule has 0 aliphatic heterocycles. The second-order valence-corrected chi connectivity index (χ2v) is 5.05.